The van der Waals surface area contributed by atoms with E-state index < -0.39 is 11.7 Å². The number of anilines is 1. The van der Waals surface area contributed by atoms with Crippen LogP contribution in [0.25, 0.3) is 0 Å². The third-order valence-corrected chi connectivity index (χ3v) is 3.26. The Morgan fingerprint density at radius 1 is 1.14 bits per heavy atom. The van der Waals surface area contributed by atoms with Crippen molar-refractivity contribution in [2.45, 2.75) is 45.2 Å². The average Bonchev–Trinajstić information content (AvgIpc) is 2.42. The molecule has 0 unspecified atom stereocenters. The van der Waals surface area contributed by atoms with Crippen molar-refractivity contribution in [1.29, 1.82) is 0 Å². The Hall–Kier alpha value is -1.30. The van der Waals surface area contributed by atoms with E-state index in [1.54, 1.807) is 6.07 Å². The Morgan fingerprint density at radius 2 is 1.86 bits per heavy atom. The van der Waals surface area contributed by atoms with Crippen molar-refractivity contribution in [3.05, 3.63) is 29.8 Å². The summed E-state index contributed by atoms with van der Waals surface area (Å²) in [5, 5.41) is 6.13. The van der Waals surface area contributed by atoms with Gasteiger partial charge in [-0.25, -0.2) is 0 Å². The highest BCUT2D eigenvalue weighted by molar-refractivity contribution is 7.80. The van der Waals surface area contributed by atoms with Gasteiger partial charge in [-0.1, -0.05) is 38.7 Å². The molecule has 21 heavy (non-hydrogen) atoms. The van der Waals surface area contributed by atoms with E-state index in [9.17, 15) is 13.2 Å². The number of halogens is 3. The van der Waals surface area contributed by atoms with E-state index in [0.29, 0.717) is 10.8 Å². The van der Waals surface area contributed by atoms with Crippen LogP contribution in [0, 0.1) is 0 Å². The summed E-state index contributed by atoms with van der Waals surface area (Å²) in [5.41, 5.74) is -0.344. The molecule has 0 fully saturated rings. The van der Waals surface area contributed by atoms with Gasteiger partial charge in [-0.15, -0.1) is 0 Å². The van der Waals surface area contributed by atoms with Gasteiger partial charge in [-0.05, 0) is 36.8 Å². The van der Waals surface area contributed by atoms with Crippen molar-refractivity contribution in [2.24, 2.45) is 0 Å². The first-order chi connectivity index (χ1) is 9.93. The van der Waals surface area contributed by atoms with E-state index in [1.165, 1.54) is 25.3 Å². The molecule has 0 heterocycles. The highest BCUT2D eigenvalue weighted by Gasteiger charge is 2.30. The first-order valence-corrected chi connectivity index (χ1v) is 7.56. The maximum Gasteiger partial charge on any atom is 0.416 e. The molecule has 2 nitrogen and oxygen atoms in total. The van der Waals surface area contributed by atoms with Crippen LogP contribution < -0.4 is 10.6 Å². The van der Waals surface area contributed by atoms with Crippen LogP contribution in [0.1, 0.15) is 44.6 Å². The van der Waals surface area contributed by atoms with Crippen LogP contribution in [0.2, 0.25) is 0 Å². The minimum atomic E-state index is -4.34. The molecule has 1 aromatic rings. The topological polar surface area (TPSA) is 24.1 Å². The molecule has 0 aromatic heterocycles. The molecule has 6 heteroatoms. The smallest absolute Gasteiger partial charge is 0.362 e. The molecular formula is C15H21F3N2S. The Labute approximate surface area is 129 Å². The molecule has 0 saturated heterocycles. The minimum Gasteiger partial charge on any atom is -0.362 e. The van der Waals surface area contributed by atoms with E-state index >= 15 is 0 Å². The second-order valence-corrected chi connectivity index (χ2v) is 5.28. The highest BCUT2D eigenvalue weighted by atomic mass is 32.1. The first kappa shape index (κ1) is 17.8. The Morgan fingerprint density at radius 3 is 2.52 bits per heavy atom. The summed E-state index contributed by atoms with van der Waals surface area (Å²) in [4.78, 5) is 0. The third-order valence-electron chi connectivity index (χ3n) is 3.01. The summed E-state index contributed by atoms with van der Waals surface area (Å²) in [6.07, 6.45) is 1.42. The maximum atomic E-state index is 12.6. The number of thiocarbonyl (C=S) groups is 1. The van der Waals surface area contributed by atoms with Crippen molar-refractivity contribution in [3.8, 4) is 0 Å². The van der Waals surface area contributed by atoms with Gasteiger partial charge in [0.05, 0.1) is 5.56 Å². The van der Waals surface area contributed by atoms with Gasteiger partial charge in [-0.3, -0.25) is 0 Å². The number of hydrogen-bond acceptors (Lipinski definition) is 1. The van der Waals surface area contributed by atoms with Crippen molar-refractivity contribution >= 4 is 23.0 Å². The molecule has 118 valence electrons. The second kappa shape index (κ2) is 8.87. The predicted molar refractivity (Wildman–Crippen MR) is 84.4 cm³/mol. The minimum absolute atomic E-state index is 0.341. The summed E-state index contributed by atoms with van der Waals surface area (Å²) in [7, 11) is 0. The molecule has 0 amide bonds. The summed E-state index contributed by atoms with van der Waals surface area (Å²) >= 11 is 5.07. The van der Waals surface area contributed by atoms with Gasteiger partial charge in [0.15, 0.2) is 5.11 Å². The molecule has 0 aliphatic heterocycles. The van der Waals surface area contributed by atoms with Crippen LogP contribution in [0.15, 0.2) is 24.3 Å². The monoisotopic (exact) mass is 318 g/mol. The lowest BCUT2D eigenvalue weighted by Gasteiger charge is -2.12. The number of benzene rings is 1. The van der Waals surface area contributed by atoms with Gasteiger partial charge in [0, 0.05) is 12.2 Å². The number of alkyl halides is 3. The summed E-state index contributed by atoms with van der Waals surface area (Å²) in [5.74, 6) is 0. The lowest BCUT2D eigenvalue weighted by molar-refractivity contribution is -0.137. The summed E-state index contributed by atoms with van der Waals surface area (Å²) in [6.45, 7) is 2.89. The van der Waals surface area contributed by atoms with Crippen molar-refractivity contribution in [3.63, 3.8) is 0 Å². The number of unbranched alkanes of at least 4 members (excludes halogenated alkanes) is 4. The third kappa shape index (κ3) is 7.32. The van der Waals surface area contributed by atoms with Gasteiger partial charge < -0.3 is 10.6 Å². The van der Waals surface area contributed by atoms with Crippen LogP contribution in [0.5, 0.6) is 0 Å². The number of rotatable bonds is 7. The van der Waals surface area contributed by atoms with Crippen molar-refractivity contribution in [1.82, 2.24) is 5.32 Å². The van der Waals surface area contributed by atoms with Gasteiger partial charge in [0.25, 0.3) is 0 Å². The fraction of sp³-hybridized carbons (Fsp3) is 0.533. The van der Waals surface area contributed by atoms with Gasteiger partial charge in [0.1, 0.15) is 0 Å². The second-order valence-electron chi connectivity index (χ2n) is 4.87. The van der Waals surface area contributed by atoms with Crippen LogP contribution in [0.4, 0.5) is 18.9 Å². The molecule has 0 bridgehead atoms. The predicted octanol–water partition coefficient (Wildman–Crippen LogP) is 4.96. The Bertz CT molecular complexity index is 447. The van der Waals surface area contributed by atoms with Crippen LogP contribution in [-0.2, 0) is 6.18 Å². The first-order valence-electron chi connectivity index (χ1n) is 7.15. The molecule has 2 N–H and O–H groups in total. The maximum absolute atomic E-state index is 12.6. The SMILES string of the molecule is CCCCCCCNC(=S)Nc1cccc(C(F)(F)F)c1. The average molecular weight is 318 g/mol. The zero-order valence-corrected chi connectivity index (χ0v) is 12.9. The van der Waals surface area contributed by atoms with Crippen molar-refractivity contribution < 1.29 is 13.2 Å². The van der Waals surface area contributed by atoms with E-state index in [-0.39, 0.29) is 0 Å². The number of nitrogens with one attached hydrogen (secondary N) is 2. The van der Waals surface area contributed by atoms with E-state index in [4.69, 9.17) is 12.2 Å². The molecule has 0 radical (unpaired) electrons. The zero-order valence-electron chi connectivity index (χ0n) is 12.1. The highest BCUT2D eigenvalue weighted by Crippen LogP contribution is 2.30. The van der Waals surface area contributed by atoms with Gasteiger partial charge in [0.2, 0.25) is 0 Å². The molecule has 1 aromatic carbocycles. The molecule has 0 saturated carbocycles. The largest absolute Gasteiger partial charge is 0.416 e. The lowest BCUT2D eigenvalue weighted by atomic mass is 10.1. The van der Waals surface area contributed by atoms with Crippen LogP contribution in [-0.4, -0.2) is 11.7 Å². The molecule has 1 rings (SSSR count). The Balaban J connectivity index is 2.35. The molecule has 0 aliphatic rings. The normalized spacial score (nSPS) is 11.2. The Kier molecular flexibility index (Phi) is 7.50. The molecule has 0 aliphatic carbocycles. The fourth-order valence-corrected chi connectivity index (χ4v) is 2.10. The van der Waals surface area contributed by atoms with E-state index in [2.05, 4.69) is 17.6 Å². The van der Waals surface area contributed by atoms with Gasteiger partial charge in [-0.2, -0.15) is 13.2 Å². The fourth-order valence-electron chi connectivity index (χ4n) is 1.88. The van der Waals surface area contributed by atoms with E-state index in [0.717, 1.165) is 31.5 Å². The molecule has 0 atom stereocenters. The lowest BCUT2D eigenvalue weighted by Crippen LogP contribution is -2.29. The summed E-state index contributed by atoms with van der Waals surface area (Å²) in [6, 6.07) is 5.01. The van der Waals surface area contributed by atoms with Crippen LogP contribution in [0.3, 0.4) is 0 Å². The molecule has 0 spiro atoms. The number of hydrogen-bond donors (Lipinski definition) is 2. The summed E-state index contributed by atoms with van der Waals surface area (Å²) < 4.78 is 37.7. The van der Waals surface area contributed by atoms with Crippen LogP contribution >= 0.6 is 12.2 Å². The van der Waals surface area contributed by atoms with Crippen molar-refractivity contribution in [2.75, 3.05) is 11.9 Å². The molecular weight excluding hydrogens is 297 g/mol. The standard InChI is InChI=1S/C15H21F3N2S/c1-2-3-4-5-6-10-19-14(21)20-13-9-7-8-12(11-13)15(16,17)18/h7-9,11H,2-6,10H2,1H3,(H2,19,20,21). The quantitative estimate of drug-likeness (QED) is 0.549. The van der Waals surface area contributed by atoms with Gasteiger partial charge >= 0.3 is 6.18 Å². The van der Waals surface area contributed by atoms with E-state index in [1.807, 2.05) is 0 Å². The zero-order chi connectivity index (χ0) is 15.7.